The molecule has 3 N–H and O–H groups in total. The maximum atomic E-state index is 7.81. The second-order valence-corrected chi connectivity index (χ2v) is 5.20. The van der Waals surface area contributed by atoms with Gasteiger partial charge in [-0.3, -0.25) is 5.41 Å². The van der Waals surface area contributed by atoms with E-state index in [-0.39, 0.29) is 5.84 Å². The molecule has 0 atom stereocenters. The lowest BCUT2D eigenvalue weighted by atomic mass is 10.1. The van der Waals surface area contributed by atoms with Crippen molar-refractivity contribution in [3.8, 4) is 0 Å². The Balaban J connectivity index is 3.26. The van der Waals surface area contributed by atoms with Crippen LogP contribution < -0.4 is 10.6 Å². The summed E-state index contributed by atoms with van der Waals surface area (Å²) >= 11 is 1.63. The van der Waals surface area contributed by atoms with Gasteiger partial charge < -0.3 is 10.6 Å². The fourth-order valence-electron chi connectivity index (χ4n) is 2.29. The first-order chi connectivity index (χ1) is 8.56. The largest absolute Gasteiger partial charge is 0.384 e. The van der Waals surface area contributed by atoms with Crippen molar-refractivity contribution >= 4 is 23.3 Å². The van der Waals surface area contributed by atoms with Gasteiger partial charge >= 0.3 is 0 Å². The van der Waals surface area contributed by atoms with Gasteiger partial charge in [0.25, 0.3) is 0 Å². The van der Waals surface area contributed by atoms with E-state index in [2.05, 4.69) is 31.9 Å². The quantitative estimate of drug-likeness (QED) is 0.471. The average molecular weight is 265 g/mol. The molecule has 0 aromatic heterocycles. The van der Waals surface area contributed by atoms with Crippen LogP contribution in [0.4, 0.5) is 5.69 Å². The van der Waals surface area contributed by atoms with Gasteiger partial charge in [-0.1, -0.05) is 19.9 Å². The Morgan fingerprint density at radius 1 is 1.39 bits per heavy atom. The number of nitrogens with zero attached hydrogens (tertiary/aromatic N) is 1. The number of rotatable bonds is 6. The molecule has 3 nitrogen and oxygen atoms in total. The first-order valence-electron chi connectivity index (χ1n) is 6.30. The van der Waals surface area contributed by atoms with Gasteiger partial charge in [0.05, 0.1) is 5.56 Å². The van der Waals surface area contributed by atoms with E-state index in [9.17, 15) is 0 Å². The number of benzene rings is 1. The number of nitrogen functional groups attached to an aromatic ring is 1. The summed E-state index contributed by atoms with van der Waals surface area (Å²) in [5.41, 5.74) is 7.67. The molecular formula is C14H23N3S. The van der Waals surface area contributed by atoms with E-state index >= 15 is 0 Å². The van der Waals surface area contributed by atoms with Crippen molar-refractivity contribution in [1.29, 1.82) is 5.41 Å². The molecule has 0 heterocycles. The van der Waals surface area contributed by atoms with Crippen molar-refractivity contribution in [2.75, 3.05) is 18.2 Å². The molecule has 1 aromatic carbocycles. The maximum absolute atomic E-state index is 7.81. The van der Waals surface area contributed by atoms with Crippen LogP contribution in [0.3, 0.4) is 0 Å². The Kier molecular flexibility index (Phi) is 5.54. The standard InChI is InChI=1S/C14H23N3S/c1-5-10(6-2)17(3)11-8-7-9-12(18-4)13(11)14(15)16/h7-10H,5-6H2,1-4H3,(H3,15,16). The third-order valence-electron chi connectivity index (χ3n) is 3.36. The molecule has 0 bridgehead atoms. The fraction of sp³-hybridized carbons (Fsp3) is 0.500. The minimum atomic E-state index is 0.146. The van der Waals surface area contributed by atoms with E-state index in [0.29, 0.717) is 6.04 Å². The molecule has 0 radical (unpaired) electrons. The Labute approximate surface area is 114 Å². The van der Waals surface area contributed by atoms with Gasteiger partial charge in [0.2, 0.25) is 0 Å². The normalized spacial score (nSPS) is 10.7. The van der Waals surface area contributed by atoms with Crippen LogP contribution in [0.2, 0.25) is 0 Å². The molecule has 0 amide bonds. The molecule has 0 saturated carbocycles. The number of hydrogen-bond donors (Lipinski definition) is 2. The molecule has 0 saturated heterocycles. The molecule has 0 aliphatic heterocycles. The Morgan fingerprint density at radius 2 is 2.00 bits per heavy atom. The minimum Gasteiger partial charge on any atom is -0.384 e. The third-order valence-corrected chi connectivity index (χ3v) is 4.14. The highest BCUT2D eigenvalue weighted by Crippen LogP contribution is 2.30. The molecule has 0 spiro atoms. The van der Waals surface area contributed by atoms with Gasteiger partial charge in [-0.05, 0) is 31.2 Å². The molecule has 100 valence electrons. The topological polar surface area (TPSA) is 53.1 Å². The highest BCUT2D eigenvalue weighted by atomic mass is 32.2. The van der Waals surface area contributed by atoms with E-state index in [0.717, 1.165) is 29.0 Å². The summed E-state index contributed by atoms with van der Waals surface area (Å²) in [6.45, 7) is 4.38. The summed E-state index contributed by atoms with van der Waals surface area (Å²) in [7, 11) is 2.09. The maximum Gasteiger partial charge on any atom is 0.126 e. The van der Waals surface area contributed by atoms with E-state index in [4.69, 9.17) is 11.1 Å². The van der Waals surface area contributed by atoms with Crippen molar-refractivity contribution in [3.63, 3.8) is 0 Å². The monoisotopic (exact) mass is 265 g/mol. The van der Waals surface area contributed by atoms with Crippen molar-refractivity contribution in [1.82, 2.24) is 0 Å². The summed E-state index contributed by atoms with van der Waals surface area (Å²) in [6, 6.07) is 6.59. The lowest BCUT2D eigenvalue weighted by Crippen LogP contribution is -2.32. The lowest BCUT2D eigenvalue weighted by molar-refractivity contribution is 0.591. The molecule has 0 unspecified atom stereocenters. The second-order valence-electron chi connectivity index (χ2n) is 4.35. The molecule has 0 aliphatic rings. The zero-order valence-electron chi connectivity index (χ0n) is 11.7. The van der Waals surface area contributed by atoms with Crippen molar-refractivity contribution < 1.29 is 0 Å². The molecule has 0 fully saturated rings. The third kappa shape index (κ3) is 2.99. The fourth-order valence-corrected chi connectivity index (χ4v) is 2.92. The SMILES string of the molecule is CCC(CC)N(C)c1cccc(SC)c1C(=N)N. The van der Waals surface area contributed by atoms with Crippen LogP contribution in [0.15, 0.2) is 23.1 Å². The molecule has 1 rings (SSSR count). The van der Waals surface area contributed by atoms with Gasteiger partial charge in [-0.2, -0.15) is 0 Å². The number of anilines is 1. The molecule has 4 heteroatoms. The Bertz CT molecular complexity index is 414. The number of hydrogen-bond acceptors (Lipinski definition) is 3. The van der Waals surface area contributed by atoms with Gasteiger partial charge in [-0.25, -0.2) is 0 Å². The first kappa shape index (κ1) is 14.9. The van der Waals surface area contributed by atoms with E-state index in [1.807, 2.05) is 18.4 Å². The van der Waals surface area contributed by atoms with Crippen molar-refractivity contribution in [2.45, 2.75) is 37.6 Å². The summed E-state index contributed by atoms with van der Waals surface area (Å²) in [4.78, 5) is 3.31. The van der Waals surface area contributed by atoms with Crippen molar-refractivity contribution in [3.05, 3.63) is 23.8 Å². The van der Waals surface area contributed by atoms with E-state index in [1.165, 1.54) is 0 Å². The van der Waals surface area contributed by atoms with Gasteiger partial charge in [0, 0.05) is 23.7 Å². The minimum absolute atomic E-state index is 0.146. The highest BCUT2D eigenvalue weighted by Gasteiger charge is 2.18. The van der Waals surface area contributed by atoms with Crippen LogP contribution >= 0.6 is 11.8 Å². The smallest absolute Gasteiger partial charge is 0.126 e. The molecular weight excluding hydrogens is 242 g/mol. The summed E-state index contributed by atoms with van der Waals surface area (Å²) in [5.74, 6) is 0.146. The zero-order chi connectivity index (χ0) is 13.7. The van der Waals surface area contributed by atoms with Crippen LogP contribution in [0.5, 0.6) is 0 Å². The van der Waals surface area contributed by atoms with E-state index in [1.54, 1.807) is 11.8 Å². The highest BCUT2D eigenvalue weighted by molar-refractivity contribution is 7.98. The summed E-state index contributed by atoms with van der Waals surface area (Å²) < 4.78 is 0. The Hall–Kier alpha value is -1.16. The molecule has 18 heavy (non-hydrogen) atoms. The van der Waals surface area contributed by atoms with Crippen LogP contribution in [0, 0.1) is 5.41 Å². The van der Waals surface area contributed by atoms with Crippen LogP contribution in [0.1, 0.15) is 32.3 Å². The number of nitrogens with one attached hydrogen (secondary N) is 1. The predicted molar refractivity (Wildman–Crippen MR) is 82.0 cm³/mol. The Morgan fingerprint density at radius 3 is 2.44 bits per heavy atom. The predicted octanol–water partition coefficient (Wildman–Crippen LogP) is 3.32. The van der Waals surface area contributed by atoms with Gasteiger partial charge in [-0.15, -0.1) is 11.8 Å². The number of amidine groups is 1. The van der Waals surface area contributed by atoms with Crippen molar-refractivity contribution in [2.24, 2.45) is 5.73 Å². The second kappa shape index (κ2) is 6.69. The number of nitrogens with two attached hydrogens (primary N) is 1. The van der Waals surface area contributed by atoms with E-state index < -0.39 is 0 Å². The molecule has 0 aliphatic carbocycles. The number of thioether (sulfide) groups is 1. The molecule has 1 aromatic rings. The first-order valence-corrected chi connectivity index (χ1v) is 7.53. The van der Waals surface area contributed by atoms with Crippen LogP contribution in [-0.2, 0) is 0 Å². The van der Waals surface area contributed by atoms with Gasteiger partial charge in [0.15, 0.2) is 0 Å². The summed E-state index contributed by atoms with van der Waals surface area (Å²) in [5, 5.41) is 7.81. The summed E-state index contributed by atoms with van der Waals surface area (Å²) in [6.07, 6.45) is 4.20. The van der Waals surface area contributed by atoms with Crippen LogP contribution in [-0.4, -0.2) is 25.2 Å². The lowest BCUT2D eigenvalue weighted by Gasteiger charge is -2.30. The van der Waals surface area contributed by atoms with Gasteiger partial charge in [0.1, 0.15) is 5.84 Å². The van der Waals surface area contributed by atoms with Crippen LogP contribution in [0.25, 0.3) is 0 Å². The zero-order valence-corrected chi connectivity index (χ0v) is 12.5. The average Bonchev–Trinajstić information content (AvgIpc) is 2.38.